The van der Waals surface area contributed by atoms with E-state index in [4.69, 9.17) is 0 Å². The summed E-state index contributed by atoms with van der Waals surface area (Å²) < 4.78 is 2.08. The maximum absolute atomic E-state index is 11.3. The topological polar surface area (TPSA) is 24.2 Å². The molecule has 0 spiro atoms. The molecule has 0 saturated carbocycles. The maximum Gasteiger partial charge on any atom is 0.313 e. The molecule has 0 aliphatic carbocycles. The molecule has 0 fully saturated rings. The van der Waals surface area contributed by atoms with Crippen LogP contribution >= 0.6 is 0 Å². The molecule has 3 nitrogen and oxygen atoms in total. The van der Waals surface area contributed by atoms with Crippen molar-refractivity contribution >= 4 is 11.7 Å². The lowest BCUT2D eigenvalue weighted by atomic mass is 10.2. The first kappa shape index (κ1) is 7.28. The summed E-state index contributed by atoms with van der Waals surface area (Å²) in [5, 5.41) is 0. The number of carbonyl (C=O) groups is 1. The summed E-state index contributed by atoms with van der Waals surface area (Å²) in [6.07, 6.45) is 2.61. The number of amides is 1. The number of pyridine rings is 1. The molecular formula is C9H11N2O+. The third-order valence-electron chi connectivity index (χ3n) is 2.20. The smallest absolute Gasteiger partial charge is 0.247 e. The largest absolute Gasteiger partial charge is 0.313 e. The van der Waals surface area contributed by atoms with Gasteiger partial charge < -0.3 is 0 Å². The summed E-state index contributed by atoms with van der Waals surface area (Å²) in [5.41, 5.74) is 0. The van der Waals surface area contributed by atoms with Crippen LogP contribution in [0.4, 0.5) is 5.82 Å². The molecule has 12 heavy (non-hydrogen) atoms. The van der Waals surface area contributed by atoms with E-state index in [9.17, 15) is 4.79 Å². The normalized spacial score (nSPS) is 16.1. The molecule has 1 aliphatic rings. The zero-order chi connectivity index (χ0) is 8.55. The molecule has 0 atom stereocenters. The number of aryl methyl sites for hydroxylation is 1. The molecule has 2 rings (SSSR count). The Labute approximate surface area is 71.2 Å². The van der Waals surface area contributed by atoms with Crippen LogP contribution in [0.2, 0.25) is 0 Å². The van der Waals surface area contributed by atoms with Gasteiger partial charge in [-0.15, -0.1) is 0 Å². The number of hydrogen-bond acceptors (Lipinski definition) is 1. The van der Waals surface area contributed by atoms with Gasteiger partial charge in [0.05, 0.1) is 19.7 Å². The average molecular weight is 163 g/mol. The monoisotopic (exact) mass is 163 g/mol. The first-order valence-corrected chi connectivity index (χ1v) is 4.04. The lowest BCUT2D eigenvalue weighted by Crippen LogP contribution is -2.48. The SMILES string of the molecule is CN1C(=O)CC[n+]2ccccc21. The van der Waals surface area contributed by atoms with Crippen molar-refractivity contribution < 1.29 is 9.36 Å². The van der Waals surface area contributed by atoms with Gasteiger partial charge in [-0.2, -0.15) is 4.90 Å². The van der Waals surface area contributed by atoms with Crippen molar-refractivity contribution in [2.45, 2.75) is 13.0 Å². The van der Waals surface area contributed by atoms with Crippen LogP contribution in [0, 0.1) is 0 Å². The van der Waals surface area contributed by atoms with Crippen molar-refractivity contribution in [3.8, 4) is 0 Å². The summed E-state index contributed by atoms with van der Waals surface area (Å²) in [5.74, 6) is 1.18. The average Bonchev–Trinajstić information content (AvgIpc) is 2.12. The minimum absolute atomic E-state index is 0.196. The number of anilines is 1. The Hall–Kier alpha value is -1.38. The molecule has 1 aliphatic heterocycles. The van der Waals surface area contributed by atoms with Crippen LogP contribution in [0.5, 0.6) is 0 Å². The second kappa shape index (κ2) is 2.59. The standard InChI is InChI=1S/C9H11N2O/c1-10-8-4-2-3-6-11(8)7-5-9(10)12/h2-4,6H,5,7H2,1H3/q+1. The second-order valence-corrected chi connectivity index (χ2v) is 2.95. The molecule has 62 valence electrons. The summed E-state index contributed by atoms with van der Waals surface area (Å²) >= 11 is 0. The number of hydrogen-bond donors (Lipinski definition) is 0. The second-order valence-electron chi connectivity index (χ2n) is 2.95. The van der Waals surface area contributed by atoms with Crippen molar-refractivity contribution in [2.24, 2.45) is 0 Å². The van der Waals surface area contributed by atoms with E-state index in [1.807, 2.05) is 31.4 Å². The van der Waals surface area contributed by atoms with Crippen LogP contribution in [-0.4, -0.2) is 13.0 Å². The van der Waals surface area contributed by atoms with E-state index in [-0.39, 0.29) is 5.91 Å². The summed E-state index contributed by atoms with van der Waals surface area (Å²) in [7, 11) is 1.81. The van der Waals surface area contributed by atoms with Crippen molar-refractivity contribution in [3.63, 3.8) is 0 Å². The van der Waals surface area contributed by atoms with Crippen LogP contribution in [0.3, 0.4) is 0 Å². The Bertz CT molecular complexity index is 322. The quantitative estimate of drug-likeness (QED) is 0.506. The molecule has 1 aromatic heterocycles. The van der Waals surface area contributed by atoms with Crippen LogP contribution in [0.15, 0.2) is 24.4 Å². The van der Waals surface area contributed by atoms with Crippen LogP contribution in [-0.2, 0) is 11.3 Å². The Morgan fingerprint density at radius 1 is 1.50 bits per heavy atom. The summed E-state index contributed by atoms with van der Waals surface area (Å²) in [6, 6.07) is 5.88. The Morgan fingerprint density at radius 3 is 3.17 bits per heavy atom. The van der Waals surface area contributed by atoms with Gasteiger partial charge in [0.25, 0.3) is 5.82 Å². The van der Waals surface area contributed by atoms with E-state index in [1.165, 1.54) is 0 Å². The van der Waals surface area contributed by atoms with Gasteiger partial charge in [0, 0.05) is 6.07 Å². The number of rotatable bonds is 0. The number of carbonyl (C=O) groups excluding carboxylic acids is 1. The van der Waals surface area contributed by atoms with Crippen LogP contribution < -0.4 is 9.47 Å². The Morgan fingerprint density at radius 2 is 2.33 bits per heavy atom. The van der Waals surface area contributed by atoms with Crippen molar-refractivity contribution in [1.29, 1.82) is 0 Å². The molecule has 0 aromatic carbocycles. The predicted octanol–water partition coefficient (Wildman–Crippen LogP) is 0.341. The van der Waals surface area contributed by atoms with Gasteiger partial charge in [0.15, 0.2) is 0 Å². The third kappa shape index (κ3) is 0.978. The predicted molar refractivity (Wildman–Crippen MR) is 44.7 cm³/mol. The van der Waals surface area contributed by atoms with Gasteiger partial charge in [-0.25, -0.2) is 9.36 Å². The van der Waals surface area contributed by atoms with Gasteiger partial charge >= 0.3 is 5.91 Å². The first-order valence-electron chi connectivity index (χ1n) is 4.04. The number of aromatic nitrogens is 1. The van der Waals surface area contributed by atoms with Crippen molar-refractivity contribution in [2.75, 3.05) is 11.9 Å². The molecule has 1 amide bonds. The summed E-state index contributed by atoms with van der Waals surface area (Å²) in [6.45, 7) is 0.805. The fourth-order valence-corrected chi connectivity index (χ4v) is 1.47. The first-order chi connectivity index (χ1) is 5.79. The van der Waals surface area contributed by atoms with Gasteiger partial charge in [-0.05, 0) is 6.07 Å². The van der Waals surface area contributed by atoms with E-state index in [0.717, 1.165) is 12.4 Å². The molecule has 3 heteroatoms. The minimum atomic E-state index is 0.196. The highest BCUT2D eigenvalue weighted by molar-refractivity contribution is 5.91. The number of fused-ring (bicyclic) bond motifs is 1. The molecule has 0 N–H and O–H groups in total. The van der Waals surface area contributed by atoms with Crippen LogP contribution in [0.25, 0.3) is 0 Å². The van der Waals surface area contributed by atoms with Gasteiger partial charge in [-0.1, -0.05) is 6.07 Å². The zero-order valence-electron chi connectivity index (χ0n) is 7.03. The van der Waals surface area contributed by atoms with E-state index in [1.54, 1.807) is 4.90 Å². The van der Waals surface area contributed by atoms with Gasteiger partial charge in [-0.3, -0.25) is 0 Å². The molecular weight excluding hydrogens is 152 g/mol. The van der Waals surface area contributed by atoms with Crippen LogP contribution in [0.1, 0.15) is 6.42 Å². The van der Waals surface area contributed by atoms with E-state index >= 15 is 0 Å². The third-order valence-corrected chi connectivity index (χ3v) is 2.20. The highest BCUT2D eigenvalue weighted by Crippen LogP contribution is 2.11. The fourth-order valence-electron chi connectivity index (χ4n) is 1.47. The lowest BCUT2D eigenvalue weighted by molar-refractivity contribution is -0.685. The molecule has 1 aromatic rings. The van der Waals surface area contributed by atoms with Crippen molar-refractivity contribution in [3.05, 3.63) is 24.4 Å². The molecule has 0 bridgehead atoms. The fraction of sp³-hybridized carbons (Fsp3) is 0.333. The van der Waals surface area contributed by atoms with Gasteiger partial charge in [0.1, 0.15) is 6.54 Å². The number of nitrogens with zero attached hydrogens (tertiary/aromatic N) is 2. The van der Waals surface area contributed by atoms with E-state index in [0.29, 0.717) is 6.42 Å². The summed E-state index contributed by atoms with van der Waals surface area (Å²) in [4.78, 5) is 13.0. The van der Waals surface area contributed by atoms with Crippen molar-refractivity contribution in [1.82, 2.24) is 0 Å². The van der Waals surface area contributed by atoms with E-state index in [2.05, 4.69) is 4.57 Å². The molecule has 0 radical (unpaired) electrons. The van der Waals surface area contributed by atoms with E-state index < -0.39 is 0 Å². The molecule has 2 heterocycles. The zero-order valence-corrected chi connectivity index (χ0v) is 7.03. The highest BCUT2D eigenvalue weighted by Gasteiger charge is 2.27. The van der Waals surface area contributed by atoms with Gasteiger partial charge in [0.2, 0.25) is 0 Å². The lowest BCUT2D eigenvalue weighted by Gasteiger charge is -2.17. The Kier molecular flexibility index (Phi) is 1.57. The molecule has 0 saturated heterocycles. The highest BCUT2D eigenvalue weighted by atomic mass is 16.2. The molecule has 0 unspecified atom stereocenters. The maximum atomic E-state index is 11.3. The Balaban J connectivity index is 2.48. The minimum Gasteiger partial charge on any atom is -0.247 e.